The van der Waals surface area contributed by atoms with Gasteiger partial charge in [0.05, 0.1) is 6.20 Å². The van der Waals surface area contributed by atoms with Gasteiger partial charge in [-0.3, -0.25) is 0 Å². The summed E-state index contributed by atoms with van der Waals surface area (Å²) in [4.78, 5) is 14.6. The van der Waals surface area contributed by atoms with Crippen molar-refractivity contribution in [3.63, 3.8) is 0 Å². The maximum atomic E-state index is 4.99. The van der Waals surface area contributed by atoms with Crippen LogP contribution in [0.4, 0.5) is 0 Å². The Bertz CT molecular complexity index is 684. The Morgan fingerprint density at radius 3 is 2.69 bits per heavy atom. The highest BCUT2D eigenvalue weighted by molar-refractivity contribution is 7.71. The van der Waals surface area contributed by atoms with Crippen LogP contribution in [0.15, 0.2) is 36.5 Å². The standard InChI is InChI=1S/C11H8N4S/c16-11-13-8-6-12-9(14-10(8)15-11)7-4-2-1-3-5-7/h1-6H,(H2,12,13,14,15,16). The van der Waals surface area contributed by atoms with E-state index in [0.717, 1.165) is 16.7 Å². The zero-order valence-corrected chi connectivity index (χ0v) is 9.08. The summed E-state index contributed by atoms with van der Waals surface area (Å²) >= 11 is 4.99. The van der Waals surface area contributed by atoms with Crippen LogP contribution >= 0.6 is 12.2 Å². The summed E-state index contributed by atoms with van der Waals surface area (Å²) in [5, 5.41) is 0. The number of benzene rings is 1. The third-order valence-corrected chi connectivity index (χ3v) is 2.51. The maximum absolute atomic E-state index is 4.99. The van der Waals surface area contributed by atoms with Crippen molar-refractivity contribution >= 4 is 23.4 Å². The van der Waals surface area contributed by atoms with Crippen molar-refractivity contribution in [2.75, 3.05) is 0 Å². The lowest BCUT2D eigenvalue weighted by atomic mass is 10.2. The average Bonchev–Trinajstić information content (AvgIpc) is 2.69. The molecule has 0 radical (unpaired) electrons. The summed E-state index contributed by atoms with van der Waals surface area (Å²) in [5.41, 5.74) is 2.55. The first-order valence-corrected chi connectivity index (χ1v) is 5.24. The second-order valence-corrected chi connectivity index (χ2v) is 3.81. The molecule has 2 N–H and O–H groups in total. The van der Waals surface area contributed by atoms with Crippen LogP contribution in [0.3, 0.4) is 0 Å². The predicted molar refractivity (Wildman–Crippen MR) is 64.5 cm³/mol. The maximum Gasteiger partial charge on any atom is 0.176 e. The van der Waals surface area contributed by atoms with Crippen molar-refractivity contribution < 1.29 is 0 Å². The molecule has 0 fully saturated rings. The molecule has 0 atom stereocenters. The zero-order valence-electron chi connectivity index (χ0n) is 8.27. The van der Waals surface area contributed by atoms with E-state index in [9.17, 15) is 0 Å². The second-order valence-electron chi connectivity index (χ2n) is 3.40. The molecule has 0 aliphatic heterocycles. The highest BCUT2D eigenvalue weighted by atomic mass is 32.1. The molecule has 0 saturated heterocycles. The molecule has 0 unspecified atom stereocenters. The quantitative estimate of drug-likeness (QED) is 0.629. The summed E-state index contributed by atoms with van der Waals surface area (Å²) in [6.07, 6.45) is 1.73. The summed E-state index contributed by atoms with van der Waals surface area (Å²) in [7, 11) is 0. The van der Waals surface area contributed by atoms with E-state index in [0.29, 0.717) is 10.6 Å². The van der Waals surface area contributed by atoms with Gasteiger partial charge in [-0.15, -0.1) is 0 Å². The fourth-order valence-corrected chi connectivity index (χ4v) is 1.76. The largest absolute Gasteiger partial charge is 0.328 e. The van der Waals surface area contributed by atoms with Gasteiger partial charge >= 0.3 is 0 Å². The Morgan fingerprint density at radius 1 is 1.06 bits per heavy atom. The van der Waals surface area contributed by atoms with Gasteiger partial charge < -0.3 is 9.97 Å². The molecular formula is C11H8N4S. The van der Waals surface area contributed by atoms with Crippen molar-refractivity contribution in [2.24, 2.45) is 0 Å². The van der Waals surface area contributed by atoms with Crippen molar-refractivity contribution in [1.82, 2.24) is 19.9 Å². The van der Waals surface area contributed by atoms with Crippen LogP contribution in [-0.2, 0) is 0 Å². The summed E-state index contributed by atoms with van der Waals surface area (Å²) < 4.78 is 0.564. The SMILES string of the molecule is S=c1[nH]c2cnc(-c3ccccc3)nc2[nH]1. The lowest BCUT2D eigenvalue weighted by molar-refractivity contribution is 1.20. The van der Waals surface area contributed by atoms with E-state index in [2.05, 4.69) is 19.9 Å². The zero-order chi connectivity index (χ0) is 11.0. The molecule has 0 bridgehead atoms. The van der Waals surface area contributed by atoms with Gasteiger partial charge in [0.15, 0.2) is 16.2 Å². The molecule has 2 aromatic heterocycles. The minimum Gasteiger partial charge on any atom is -0.328 e. The molecule has 4 nitrogen and oxygen atoms in total. The molecule has 0 spiro atoms. The molecule has 2 heterocycles. The average molecular weight is 228 g/mol. The van der Waals surface area contributed by atoms with Crippen molar-refractivity contribution in [3.05, 3.63) is 41.3 Å². The third-order valence-electron chi connectivity index (χ3n) is 2.30. The summed E-state index contributed by atoms with van der Waals surface area (Å²) in [6, 6.07) is 9.83. The number of aromatic amines is 2. The van der Waals surface area contributed by atoms with Gasteiger partial charge in [-0.25, -0.2) is 9.97 Å². The first kappa shape index (κ1) is 9.23. The van der Waals surface area contributed by atoms with Gasteiger partial charge in [0.2, 0.25) is 0 Å². The van der Waals surface area contributed by atoms with Crippen molar-refractivity contribution in [1.29, 1.82) is 0 Å². The van der Waals surface area contributed by atoms with Gasteiger partial charge in [0, 0.05) is 5.56 Å². The molecular weight excluding hydrogens is 220 g/mol. The number of hydrogen-bond acceptors (Lipinski definition) is 3. The Balaban J connectivity index is 2.22. The Kier molecular flexibility index (Phi) is 2.04. The lowest BCUT2D eigenvalue weighted by Gasteiger charge is -1.98. The second kappa shape index (κ2) is 3.53. The third kappa shape index (κ3) is 1.51. The monoisotopic (exact) mass is 228 g/mol. The summed E-state index contributed by atoms with van der Waals surface area (Å²) in [6.45, 7) is 0. The number of imidazole rings is 1. The van der Waals surface area contributed by atoms with Crippen LogP contribution in [0.5, 0.6) is 0 Å². The van der Waals surface area contributed by atoms with Crippen molar-refractivity contribution in [3.8, 4) is 11.4 Å². The molecule has 3 rings (SSSR count). The fraction of sp³-hybridized carbons (Fsp3) is 0. The minimum absolute atomic E-state index is 0.564. The number of H-pyrrole nitrogens is 2. The lowest BCUT2D eigenvalue weighted by Crippen LogP contribution is -1.88. The van der Waals surface area contributed by atoms with Crippen LogP contribution in [0.1, 0.15) is 0 Å². The molecule has 0 aliphatic rings. The number of nitrogens with one attached hydrogen (secondary N) is 2. The molecule has 5 heteroatoms. The van der Waals surface area contributed by atoms with Crippen LogP contribution in [-0.4, -0.2) is 19.9 Å². The fourth-order valence-electron chi connectivity index (χ4n) is 1.56. The number of rotatable bonds is 1. The Labute approximate surface area is 96.4 Å². The van der Waals surface area contributed by atoms with Gasteiger partial charge in [-0.05, 0) is 12.2 Å². The Hall–Kier alpha value is -2.01. The first-order chi connectivity index (χ1) is 7.83. The van der Waals surface area contributed by atoms with Gasteiger partial charge in [0.1, 0.15) is 5.52 Å². The normalized spacial score (nSPS) is 10.8. The first-order valence-electron chi connectivity index (χ1n) is 4.83. The van der Waals surface area contributed by atoms with E-state index in [-0.39, 0.29) is 0 Å². The van der Waals surface area contributed by atoms with E-state index in [4.69, 9.17) is 12.2 Å². The van der Waals surface area contributed by atoms with Crippen LogP contribution in [0.2, 0.25) is 0 Å². The number of hydrogen-bond donors (Lipinski definition) is 2. The highest BCUT2D eigenvalue weighted by Crippen LogP contribution is 2.15. The number of aromatic nitrogens is 4. The molecule has 78 valence electrons. The van der Waals surface area contributed by atoms with Crippen LogP contribution in [0, 0.1) is 4.77 Å². The van der Waals surface area contributed by atoms with E-state index in [1.54, 1.807) is 6.20 Å². The molecule has 0 saturated carbocycles. The number of nitrogens with zero attached hydrogens (tertiary/aromatic N) is 2. The van der Waals surface area contributed by atoms with Crippen LogP contribution < -0.4 is 0 Å². The molecule has 3 aromatic rings. The minimum atomic E-state index is 0.564. The van der Waals surface area contributed by atoms with E-state index >= 15 is 0 Å². The highest BCUT2D eigenvalue weighted by Gasteiger charge is 2.03. The molecule has 1 aromatic carbocycles. The molecule has 0 amide bonds. The van der Waals surface area contributed by atoms with E-state index in [1.807, 2.05) is 30.3 Å². The molecule has 0 aliphatic carbocycles. The summed E-state index contributed by atoms with van der Waals surface area (Å²) in [5.74, 6) is 0.693. The molecule has 16 heavy (non-hydrogen) atoms. The predicted octanol–water partition coefficient (Wildman–Crippen LogP) is 2.68. The van der Waals surface area contributed by atoms with Crippen molar-refractivity contribution in [2.45, 2.75) is 0 Å². The van der Waals surface area contributed by atoms with Crippen LogP contribution in [0.25, 0.3) is 22.6 Å². The number of fused-ring (bicyclic) bond motifs is 1. The van der Waals surface area contributed by atoms with Gasteiger partial charge in [-0.2, -0.15) is 0 Å². The Morgan fingerprint density at radius 2 is 1.88 bits per heavy atom. The van der Waals surface area contributed by atoms with Gasteiger partial charge in [-0.1, -0.05) is 30.3 Å². The topological polar surface area (TPSA) is 57.4 Å². The van der Waals surface area contributed by atoms with E-state index < -0.39 is 0 Å². The van der Waals surface area contributed by atoms with Gasteiger partial charge in [0.25, 0.3) is 0 Å². The van der Waals surface area contributed by atoms with E-state index in [1.165, 1.54) is 0 Å². The smallest absolute Gasteiger partial charge is 0.176 e.